The number of aromatic nitrogens is 2. The minimum atomic E-state index is -0.507. The summed E-state index contributed by atoms with van der Waals surface area (Å²) in [5, 5.41) is 7.07. The third-order valence-corrected chi connectivity index (χ3v) is 3.49. The molecule has 1 aromatic carbocycles. The van der Waals surface area contributed by atoms with E-state index in [1.807, 2.05) is 38.1 Å². The second-order valence-electron chi connectivity index (χ2n) is 5.30. The van der Waals surface area contributed by atoms with E-state index in [1.165, 1.54) is 5.56 Å². The molecule has 1 saturated heterocycles. The standard InChI is InChI=1S/C15H19N3O3/c1-11-3-5-12(6-4-11)13-17-14(21-18-13)16-8-7-15(2)19-9-10-20-15/h3-6H,7-10H2,1-2H3,(H,16,17,18). The lowest BCUT2D eigenvalue weighted by Gasteiger charge is -2.21. The Morgan fingerprint density at radius 1 is 1.19 bits per heavy atom. The normalized spacial score (nSPS) is 17.0. The van der Waals surface area contributed by atoms with Gasteiger partial charge in [-0.25, -0.2) is 0 Å². The lowest BCUT2D eigenvalue weighted by Crippen LogP contribution is -2.28. The maximum absolute atomic E-state index is 5.54. The smallest absolute Gasteiger partial charge is 0.321 e. The van der Waals surface area contributed by atoms with Crippen LogP contribution in [0.5, 0.6) is 0 Å². The number of hydrogen-bond acceptors (Lipinski definition) is 6. The summed E-state index contributed by atoms with van der Waals surface area (Å²) in [5.41, 5.74) is 2.14. The Morgan fingerprint density at radius 2 is 1.90 bits per heavy atom. The van der Waals surface area contributed by atoms with Gasteiger partial charge in [-0.05, 0) is 13.8 Å². The highest BCUT2D eigenvalue weighted by Crippen LogP contribution is 2.23. The Balaban J connectivity index is 1.56. The van der Waals surface area contributed by atoms with E-state index < -0.39 is 5.79 Å². The summed E-state index contributed by atoms with van der Waals surface area (Å²) in [6.45, 7) is 5.92. The fraction of sp³-hybridized carbons (Fsp3) is 0.467. The van der Waals surface area contributed by atoms with Crippen molar-refractivity contribution in [1.29, 1.82) is 0 Å². The molecular weight excluding hydrogens is 270 g/mol. The Bertz CT molecular complexity index is 588. The van der Waals surface area contributed by atoms with Gasteiger partial charge in [-0.15, -0.1) is 0 Å². The molecule has 0 radical (unpaired) electrons. The SMILES string of the molecule is Cc1ccc(-c2noc(NCCC3(C)OCCO3)n2)cc1. The average molecular weight is 289 g/mol. The highest BCUT2D eigenvalue weighted by molar-refractivity contribution is 5.55. The maximum Gasteiger partial charge on any atom is 0.321 e. The minimum absolute atomic E-state index is 0.409. The number of nitrogens with zero attached hydrogens (tertiary/aromatic N) is 2. The molecule has 1 aliphatic heterocycles. The Labute approximate surface area is 123 Å². The van der Waals surface area contributed by atoms with E-state index in [0.717, 1.165) is 12.0 Å². The van der Waals surface area contributed by atoms with Crippen LogP contribution in [0.2, 0.25) is 0 Å². The van der Waals surface area contributed by atoms with E-state index in [0.29, 0.717) is 31.6 Å². The van der Waals surface area contributed by atoms with Crippen molar-refractivity contribution in [2.24, 2.45) is 0 Å². The molecule has 3 rings (SSSR count). The molecule has 1 aromatic heterocycles. The van der Waals surface area contributed by atoms with Crippen LogP contribution in [-0.4, -0.2) is 35.7 Å². The first-order chi connectivity index (χ1) is 10.1. The predicted octanol–water partition coefficient (Wildman–Crippen LogP) is 2.61. The van der Waals surface area contributed by atoms with E-state index in [4.69, 9.17) is 14.0 Å². The quantitative estimate of drug-likeness (QED) is 0.912. The van der Waals surface area contributed by atoms with Crippen LogP contribution >= 0.6 is 0 Å². The fourth-order valence-corrected chi connectivity index (χ4v) is 2.21. The van der Waals surface area contributed by atoms with Crippen LogP contribution in [0.25, 0.3) is 11.4 Å². The predicted molar refractivity (Wildman–Crippen MR) is 77.9 cm³/mol. The highest BCUT2D eigenvalue weighted by Gasteiger charge is 2.30. The van der Waals surface area contributed by atoms with Crippen LogP contribution in [0.4, 0.5) is 6.01 Å². The second kappa shape index (κ2) is 5.83. The first kappa shape index (κ1) is 14.0. The van der Waals surface area contributed by atoms with Crippen LogP contribution in [0.15, 0.2) is 28.8 Å². The molecule has 21 heavy (non-hydrogen) atoms. The zero-order valence-electron chi connectivity index (χ0n) is 12.3. The summed E-state index contributed by atoms with van der Waals surface area (Å²) < 4.78 is 16.3. The molecule has 2 heterocycles. The van der Waals surface area contributed by atoms with Crippen LogP contribution in [-0.2, 0) is 9.47 Å². The number of hydrogen-bond donors (Lipinski definition) is 1. The Hall–Kier alpha value is -1.92. The molecule has 0 saturated carbocycles. The number of aryl methyl sites for hydroxylation is 1. The second-order valence-corrected chi connectivity index (χ2v) is 5.30. The lowest BCUT2D eigenvalue weighted by atomic mass is 10.1. The van der Waals surface area contributed by atoms with Crippen molar-refractivity contribution >= 4 is 6.01 Å². The molecular formula is C15H19N3O3. The molecule has 0 amide bonds. The van der Waals surface area contributed by atoms with Crippen molar-refractivity contribution in [3.8, 4) is 11.4 Å². The first-order valence-corrected chi connectivity index (χ1v) is 7.07. The third kappa shape index (κ3) is 3.40. The van der Waals surface area contributed by atoms with Gasteiger partial charge in [0, 0.05) is 18.5 Å². The van der Waals surface area contributed by atoms with Gasteiger partial charge in [-0.2, -0.15) is 4.98 Å². The monoisotopic (exact) mass is 289 g/mol. The van der Waals surface area contributed by atoms with Gasteiger partial charge in [-0.1, -0.05) is 35.0 Å². The molecule has 1 aliphatic rings. The molecule has 6 nitrogen and oxygen atoms in total. The number of nitrogens with one attached hydrogen (secondary N) is 1. The number of ether oxygens (including phenoxy) is 2. The zero-order chi connectivity index (χ0) is 14.7. The van der Waals surface area contributed by atoms with E-state index in [2.05, 4.69) is 15.5 Å². The van der Waals surface area contributed by atoms with Crippen LogP contribution < -0.4 is 5.32 Å². The van der Waals surface area contributed by atoms with Gasteiger partial charge < -0.3 is 19.3 Å². The van der Waals surface area contributed by atoms with E-state index in [9.17, 15) is 0 Å². The van der Waals surface area contributed by atoms with Crippen LogP contribution in [0.1, 0.15) is 18.9 Å². The molecule has 112 valence electrons. The van der Waals surface area contributed by atoms with Gasteiger partial charge in [0.1, 0.15) is 0 Å². The van der Waals surface area contributed by atoms with E-state index in [-0.39, 0.29) is 0 Å². The largest absolute Gasteiger partial charge is 0.348 e. The summed E-state index contributed by atoms with van der Waals surface area (Å²) in [7, 11) is 0. The maximum atomic E-state index is 5.54. The number of benzene rings is 1. The topological polar surface area (TPSA) is 69.4 Å². The fourth-order valence-electron chi connectivity index (χ4n) is 2.21. The summed E-state index contributed by atoms with van der Waals surface area (Å²) >= 11 is 0. The molecule has 2 aromatic rings. The molecule has 0 spiro atoms. The number of anilines is 1. The molecule has 0 atom stereocenters. The van der Waals surface area contributed by atoms with Gasteiger partial charge in [0.15, 0.2) is 5.79 Å². The molecule has 6 heteroatoms. The summed E-state index contributed by atoms with van der Waals surface area (Å²) in [6, 6.07) is 8.41. The van der Waals surface area contributed by atoms with Gasteiger partial charge >= 0.3 is 6.01 Å². The van der Waals surface area contributed by atoms with Crippen molar-refractivity contribution in [1.82, 2.24) is 10.1 Å². The highest BCUT2D eigenvalue weighted by atomic mass is 16.7. The lowest BCUT2D eigenvalue weighted by molar-refractivity contribution is -0.144. The Morgan fingerprint density at radius 3 is 2.62 bits per heavy atom. The number of rotatable bonds is 5. The van der Waals surface area contributed by atoms with Crippen molar-refractivity contribution in [2.45, 2.75) is 26.1 Å². The van der Waals surface area contributed by atoms with Gasteiger partial charge in [0.05, 0.1) is 13.2 Å². The minimum Gasteiger partial charge on any atom is -0.348 e. The molecule has 0 unspecified atom stereocenters. The molecule has 0 aliphatic carbocycles. The molecule has 1 N–H and O–H groups in total. The summed E-state index contributed by atoms with van der Waals surface area (Å²) in [5.74, 6) is 0.0735. The van der Waals surface area contributed by atoms with Gasteiger partial charge in [-0.3, -0.25) is 0 Å². The van der Waals surface area contributed by atoms with Crippen molar-refractivity contribution in [2.75, 3.05) is 25.1 Å². The van der Waals surface area contributed by atoms with E-state index in [1.54, 1.807) is 0 Å². The van der Waals surface area contributed by atoms with Crippen LogP contribution in [0.3, 0.4) is 0 Å². The van der Waals surface area contributed by atoms with Crippen molar-refractivity contribution in [3.05, 3.63) is 29.8 Å². The Kier molecular flexibility index (Phi) is 3.90. The van der Waals surface area contributed by atoms with Crippen molar-refractivity contribution < 1.29 is 14.0 Å². The average Bonchev–Trinajstić information content (AvgIpc) is 3.10. The third-order valence-electron chi connectivity index (χ3n) is 3.49. The van der Waals surface area contributed by atoms with E-state index >= 15 is 0 Å². The van der Waals surface area contributed by atoms with Gasteiger partial charge in [0.2, 0.25) is 5.82 Å². The van der Waals surface area contributed by atoms with Crippen LogP contribution in [0, 0.1) is 6.92 Å². The van der Waals surface area contributed by atoms with Crippen molar-refractivity contribution in [3.63, 3.8) is 0 Å². The molecule has 1 fully saturated rings. The zero-order valence-corrected chi connectivity index (χ0v) is 12.3. The summed E-state index contributed by atoms with van der Waals surface area (Å²) in [4.78, 5) is 4.33. The first-order valence-electron chi connectivity index (χ1n) is 7.07. The molecule has 0 bridgehead atoms. The summed E-state index contributed by atoms with van der Waals surface area (Å²) in [6.07, 6.45) is 0.718. The van der Waals surface area contributed by atoms with Gasteiger partial charge in [0.25, 0.3) is 0 Å².